The number of nitrogens with zero attached hydrogens (tertiary/aromatic N) is 1. The topological polar surface area (TPSA) is 104 Å². The van der Waals surface area contributed by atoms with Gasteiger partial charge in [-0.05, 0) is 31.4 Å². The normalized spacial score (nSPS) is 12.9. The number of nitrogens with one attached hydrogen (secondary N) is 1. The number of hydrogen-bond acceptors (Lipinski definition) is 5. The summed E-state index contributed by atoms with van der Waals surface area (Å²) in [7, 11) is -4.08. The Kier molecular flexibility index (Phi) is 7.53. The lowest BCUT2D eigenvalue weighted by molar-refractivity contribution is -0.140. The molecular weight excluding hydrogens is 376 g/mol. The highest BCUT2D eigenvalue weighted by molar-refractivity contribution is 7.98. The Labute approximate surface area is 150 Å². The number of benzene rings is 1. The van der Waals surface area contributed by atoms with Gasteiger partial charge < -0.3 is 10.4 Å². The summed E-state index contributed by atoms with van der Waals surface area (Å²) in [6.07, 6.45) is 1.81. The van der Waals surface area contributed by atoms with E-state index in [4.69, 9.17) is 11.6 Å². The minimum absolute atomic E-state index is 0.00279. The number of rotatable bonds is 8. The van der Waals surface area contributed by atoms with Crippen molar-refractivity contribution < 1.29 is 23.1 Å². The summed E-state index contributed by atoms with van der Waals surface area (Å²) in [4.78, 5) is 22.8. The SMILES string of the molecule is CSc1ccc(S(=O)(=O)N(CCNC(C)=O)C(C)C(=O)O)cc1Cl. The second-order valence-electron chi connectivity index (χ2n) is 4.91. The van der Waals surface area contributed by atoms with Crippen LogP contribution in [0.25, 0.3) is 0 Å². The van der Waals surface area contributed by atoms with Crippen LogP contribution >= 0.6 is 23.4 Å². The average Bonchev–Trinajstić information content (AvgIpc) is 2.50. The van der Waals surface area contributed by atoms with Gasteiger partial charge >= 0.3 is 5.97 Å². The molecule has 10 heteroatoms. The Hall–Kier alpha value is -1.29. The van der Waals surface area contributed by atoms with Gasteiger partial charge in [-0.2, -0.15) is 4.31 Å². The fourth-order valence-electron chi connectivity index (χ4n) is 1.93. The second-order valence-corrected chi connectivity index (χ2v) is 8.06. The third kappa shape index (κ3) is 5.10. The maximum Gasteiger partial charge on any atom is 0.321 e. The van der Waals surface area contributed by atoms with Crippen molar-refractivity contribution in [3.63, 3.8) is 0 Å². The van der Waals surface area contributed by atoms with Crippen molar-refractivity contribution in [3.05, 3.63) is 23.2 Å². The first-order valence-electron chi connectivity index (χ1n) is 6.94. The van der Waals surface area contributed by atoms with Gasteiger partial charge in [-0.25, -0.2) is 8.42 Å². The number of sulfonamides is 1. The van der Waals surface area contributed by atoms with Gasteiger partial charge in [-0.3, -0.25) is 9.59 Å². The van der Waals surface area contributed by atoms with Crippen molar-refractivity contribution in [2.24, 2.45) is 0 Å². The summed E-state index contributed by atoms with van der Waals surface area (Å²) in [6, 6.07) is 2.95. The van der Waals surface area contributed by atoms with Crippen LogP contribution in [0.15, 0.2) is 28.0 Å². The minimum atomic E-state index is -4.08. The smallest absolute Gasteiger partial charge is 0.321 e. The zero-order chi connectivity index (χ0) is 18.5. The Morgan fingerprint density at radius 3 is 2.50 bits per heavy atom. The van der Waals surface area contributed by atoms with Crippen LogP contribution in [-0.2, 0) is 19.6 Å². The van der Waals surface area contributed by atoms with Gasteiger partial charge in [0.25, 0.3) is 0 Å². The number of hydrogen-bond donors (Lipinski definition) is 2. The van der Waals surface area contributed by atoms with Gasteiger partial charge in [0, 0.05) is 24.9 Å². The van der Waals surface area contributed by atoms with Crippen LogP contribution < -0.4 is 5.32 Å². The number of carboxylic acid groups (broad SMARTS) is 1. The van der Waals surface area contributed by atoms with Crippen LogP contribution in [0.3, 0.4) is 0 Å². The molecule has 1 rings (SSSR count). The quantitative estimate of drug-likeness (QED) is 0.650. The molecule has 0 saturated heterocycles. The van der Waals surface area contributed by atoms with Crippen molar-refractivity contribution in [2.75, 3.05) is 19.3 Å². The molecule has 0 heterocycles. The van der Waals surface area contributed by atoms with Crippen molar-refractivity contribution in [2.45, 2.75) is 29.7 Å². The van der Waals surface area contributed by atoms with E-state index >= 15 is 0 Å². The molecule has 0 fully saturated rings. The summed E-state index contributed by atoms with van der Waals surface area (Å²) in [5, 5.41) is 11.9. The van der Waals surface area contributed by atoms with E-state index in [-0.39, 0.29) is 28.9 Å². The predicted octanol–water partition coefficient (Wildman–Crippen LogP) is 1.66. The van der Waals surface area contributed by atoms with E-state index in [0.717, 1.165) is 4.31 Å². The number of carboxylic acids is 1. The summed E-state index contributed by atoms with van der Waals surface area (Å²) >= 11 is 7.42. The van der Waals surface area contributed by atoms with Gasteiger partial charge in [-0.15, -0.1) is 11.8 Å². The molecule has 24 heavy (non-hydrogen) atoms. The highest BCUT2D eigenvalue weighted by Gasteiger charge is 2.33. The maximum absolute atomic E-state index is 12.8. The largest absolute Gasteiger partial charge is 0.480 e. The van der Waals surface area contributed by atoms with Gasteiger partial charge in [0.15, 0.2) is 0 Å². The number of thioether (sulfide) groups is 1. The monoisotopic (exact) mass is 394 g/mol. The van der Waals surface area contributed by atoms with Crippen molar-refractivity contribution in [1.29, 1.82) is 0 Å². The first-order valence-corrected chi connectivity index (χ1v) is 9.98. The van der Waals surface area contributed by atoms with Crippen molar-refractivity contribution >= 4 is 45.3 Å². The predicted molar refractivity (Wildman–Crippen MR) is 92.9 cm³/mol. The molecule has 0 spiro atoms. The summed E-state index contributed by atoms with van der Waals surface area (Å²) in [5.41, 5.74) is 0. The van der Waals surface area contributed by atoms with Gasteiger partial charge in [-0.1, -0.05) is 11.6 Å². The summed E-state index contributed by atoms with van der Waals surface area (Å²) < 4.78 is 26.4. The molecule has 0 bridgehead atoms. The molecular formula is C14H19ClN2O5S2. The van der Waals surface area contributed by atoms with Crippen molar-refractivity contribution in [1.82, 2.24) is 9.62 Å². The molecule has 0 radical (unpaired) electrons. The van der Waals surface area contributed by atoms with Gasteiger partial charge in [0.05, 0.1) is 9.92 Å². The van der Waals surface area contributed by atoms with Crippen LogP contribution in [0.2, 0.25) is 5.02 Å². The van der Waals surface area contributed by atoms with Gasteiger partial charge in [0.2, 0.25) is 15.9 Å². The number of carbonyl (C=O) groups is 2. The van der Waals surface area contributed by atoms with E-state index < -0.39 is 22.0 Å². The van der Waals surface area contributed by atoms with E-state index in [9.17, 15) is 23.1 Å². The highest BCUT2D eigenvalue weighted by atomic mass is 35.5. The second kappa shape index (κ2) is 8.70. The number of aliphatic carboxylic acids is 1. The van der Waals surface area contributed by atoms with Crippen molar-refractivity contribution in [3.8, 4) is 0 Å². The van der Waals surface area contributed by atoms with E-state index in [1.165, 1.54) is 37.7 Å². The van der Waals surface area contributed by atoms with E-state index in [1.54, 1.807) is 6.07 Å². The third-order valence-corrected chi connectivity index (χ3v) is 6.41. The molecule has 1 unspecified atom stereocenters. The van der Waals surface area contributed by atoms with E-state index in [0.29, 0.717) is 4.90 Å². The van der Waals surface area contributed by atoms with Crippen LogP contribution in [0, 0.1) is 0 Å². The first kappa shape index (κ1) is 20.8. The van der Waals surface area contributed by atoms with Gasteiger partial charge in [0.1, 0.15) is 6.04 Å². The van der Waals surface area contributed by atoms with Crippen LogP contribution in [-0.4, -0.2) is 55.1 Å². The van der Waals surface area contributed by atoms with Crippen LogP contribution in [0.4, 0.5) is 0 Å². The molecule has 0 aliphatic carbocycles. The lowest BCUT2D eigenvalue weighted by atomic mass is 10.3. The Morgan fingerprint density at radius 1 is 1.42 bits per heavy atom. The number of carbonyl (C=O) groups excluding carboxylic acids is 1. The van der Waals surface area contributed by atoms with E-state index in [2.05, 4.69) is 5.32 Å². The minimum Gasteiger partial charge on any atom is -0.480 e. The zero-order valence-electron chi connectivity index (χ0n) is 13.4. The Bertz CT molecular complexity index is 724. The highest BCUT2D eigenvalue weighted by Crippen LogP contribution is 2.29. The fourth-order valence-corrected chi connectivity index (χ4v) is 4.48. The summed E-state index contributed by atoms with van der Waals surface area (Å²) in [5.74, 6) is -1.61. The molecule has 7 nitrogen and oxygen atoms in total. The number of halogens is 1. The fraction of sp³-hybridized carbons (Fsp3) is 0.429. The zero-order valence-corrected chi connectivity index (χ0v) is 15.8. The number of amides is 1. The standard InChI is InChI=1S/C14H19ClN2O5S2/c1-9(14(19)20)17(7-6-16-10(2)18)24(21,22)11-4-5-13(23-3)12(15)8-11/h4-5,8-9H,6-7H2,1-3H3,(H,16,18)(H,19,20). The average molecular weight is 395 g/mol. The molecule has 1 aromatic carbocycles. The molecule has 0 aliphatic rings. The van der Waals surface area contributed by atoms with Crippen LogP contribution in [0.5, 0.6) is 0 Å². The molecule has 0 saturated carbocycles. The Balaban J connectivity index is 3.20. The lowest BCUT2D eigenvalue weighted by Gasteiger charge is -2.26. The first-order chi connectivity index (χ1) is 11.1. The van der Waals surface area contributed by atoms with E-state index in [1.807, 2.05) is 6.26 Å². The molecule has 1 atom stereocenters. The molecule has 2 N–H and O–H groups in total. The third-order valence-electron chi connectivity index (χ3n) is 3.23. The molecule has 1 amide bonds. The van der Waals surface area contributed by atoms with Crippen LogP contribution in [0.1, 0.15) is 13.8 Å². The molecule has 0 aliphatic heterocycles. The maximum atomic E-state index is 12.8. The molecule has 0 aromatic heterocycles. The molecule has 1 aromatic rings. The Morgan fingerprint density at radius 2 is 2.04 bits per heavy atom. The molecule has 134 valence electrons. The summed E-state index contributed by atoms with van der Waals surface area (Å²) in [6.45, 7) is 2.39. The lowest BCUT2D eigenvalue weighted by Crippen LogP contribution is -2.46.